The van der Waals surface area contributed by atoms with Gasteiger partial charge >= 0.3 is 0 Å². The van der Waals surface area contributed by atoms with Gasteiger partial charge in [0, 0.05) is 38.7 Å². The van der Waals surface area contributed by atoms with Gasteiger partial charge in [-0.05, 0) is 42.3 Å². The minimum absolute atomic E-state index is 0.202. The minimum atomic E-state index is -0.547. The van der Waals surface area contributed by atoms with Gasteiger partial charge in [-0.2, -0.15) is 0 Å². The monoisotopic (exact) mass is 564 g/mol. The zero-order valence-electron chi connectivity index (χ0n) is 21.5. The summed E-state index contributed by atoms with van der Waals surface area (Å²) in [5.41, 5.74) is 1.77. The molecule has 0 atom stereocenters. The average Bonchev–Trinajstić information content (AvgIpc) is 3.52. The number of piperidine rings is 1. The molecule has 202 valence electrons. The van der Waals surface area contributed by atoms with E-state index in [1.165, 1.54) is 16.2 Å². The molecule has 0 bridgehead atoms. The number of rotatable bonds is 6. The molecule has 3 fully saturated rings. The Labute approximate surface area is 235 Å². The Morgan fingerprint density at radius 1 is 1.10 bits per heavy atom. The van der Waals surface area contributed by atoms with Crippen LogP contribution in [0.4, 0.5) is 5.82 Å². The van der Waals surface area contributed by atoms with Crippen LogP contribution >= 0.6 is 24.0 Å². The number of amides is 1. The van der Waals surface area contributed by atoms with Gasteiger partial charge in [-0.15, -0.1) is 0 Å². The highest BCUT2D eigenvalue weighted by Gasteiger charge is 2.41. The summed E-state index contributed by atoms with van der Waals surface area (Å²) in [4.78, 5) is 36.1. The lowest BCUT2D eigenvalue weighted by atomic mass is 10.0. The smallest absolute Gasteiger partial charge is 0.267 e. The fourth-order valence-electron chi connectivity index (χ4n) is 5.16. The molecule has 1 amide bonds. The molecule has 1 aromatic carbocycles. The molecule has 5 heterocycles. The van der Waals surface area contributed by atoms with Crippen LogP contribution < -0.4 is 15.2 Å². The van der Waals surface area contributed by atoms with Crippen molar-refractivity contribution in [3.63, 3.8) is 0 Å². The number of ether oxygens (including phenoxy) is 3. The molecule has 1 spiro atoms. The third-order valence-corrected chi connectivity index (χ3v) is 8.70. The lowest BCUT2D eigenvalue weighted by Crippen LogP contribution is -2.46. The molecule has 0 radical (unpaired) electrons. The normalized spacial score (nSPS) is 20.1. The van der Waals surface area contributed by atoms with Gasteiger partial charge in [0.05, 0.1) is 30.8 Å². The Bertz CT molecular complexity index is 1500. The van der Waals surface area contributed by atoms with E-state index in [1.807, 2.05) is 36.4 Å². The molecule has 39 heavy (non-hydrogen) atoms. The van der Waals surface area contributed by atoms with Crippen LogP contribution in [0.1, 0.15) is 24.0 Å². The third-order valence-electron chi connectivity index (χ3n) is 7.32. The minimum Gasteiger partial charge on any atom is -0.497 e. The third kappa shape index (κ3) is 5.07. The number of nitrogens with zero attached hydrogens (tertiary/aromatic N) is 4. The zero-order valence-corrected chi connectivity index (χ0v) is 23.1. The highest BCUT2D eigenvalue weighted by molar-refractivity contribution is 8.26. The summed E-state index contributed by atoms with van der Waals surface area (Å²) >= 11 is 6.78. The second kappa shape index (κ2) is 10.7. The number of aromatic nitrogens is 2. The van der Waals surface area contributed by atoms with Gasteiger partial charge in [0.2, 0.25) is 0 Å². The van der Waals surface area contributed by atoms with Crippen LogP contribution in [0.25, 0.3) is 11.7 Å². The van der Waals surface area contributed by atoms with E-state index < -0.39 is 5.79 Å². The van der Waals surface area contributed by atoms with Crippen molar-refractivity contribution in [2.75, 3.05) is 44.9 Å². The standard InChI is InChI=1S/C28H28N4O5S2/c1-35-20-7-5-19(6-8-20)9-13-32-26(34)22(39-27(32)38)18-21-24(29-23-4-2-3-12-31(23)25(21)33)30-14-10-28(11-15-30)36-16-17-37-28/h2-8,12,18H,9-11,13-17H2,1H3/b22-18+. The van der Waals surface area contributed by atoms with Crippen molar-refractivity contribution in [1.29, 1.82) is 0 Å². The predicted octanol–water partition coefficient (Wildman–Crippen LogP) is 3.49. The molecule has 0 saturated carbocycles. The van der Waals surface area contributed by atoms with Gasteiger partial charge in [-0.1, -0.05) is 42.2 Å². The lowest BCUT2D eigenvalue weighted by molar-refractivity contribution is -0.169. The molecule has 0 unspecified atom stereocenters. The molecular weight excluding hydrogens is 536 g/mol. The van der Waals surface area contributed by atoms with Gasteiger partial charge in [-0.25, -0.2) is 4.98 Å². The summed E-state index contributed by atoms with van der Waals surface area (Å²) in [5, 5.41) is 0. The first kappa shape index (κ1) is 26.0. The van der Waals surface area contributed by atoms with E-state index >= 15 is 0 Å². The number of benzene rings is 1. The van der Waals surface area contributed by atoms with Crippen LogP contribution in [0.15, 0.2) is 58.4 Å². The molecular formula is C28H28N4O5S2. The number of methoxy groups -OCH3 is 1. The van der Waals surface area contributed by atoms with E-state index in [2.05, 4.69) is 4.90 Å². The maximum absolute atomic E-state index is 13.7. The summed E-state index contributed by atoms with van der Waals surface area (Å²) < 4.78 is 19.0. The molecule has 3 aromatic rings. The highest BCUT2D eigenvalue weighted by Crippen LogP contribution is 2.36. The second-order valence-electron chi connectivity index (χ2n) is 9.61. The molecule has 2 aromatic heterocycles. The SMILES string of the molecule is COc1ccc(CCN2C(=O)/C(=C\c3c(N4CCC5(CC4)OCCO5)nc4ccccn4c3=O)SC2=S)cc1. The van der Waals surface area contributed by atoms with Crippen LogP contribution in [0.3, 0.4) is 0 Å². The quantitative estimate of drug-likeness (QED) is 0.330. The number of thiocarbonyl (C=S) groups is 1. The Balaban J connectivity index is 1.28. The number of anilines is 1. The molecule has 3 aliphatic rings. The maximum Gasteiger partial charge on any atom is 0.267 e. The fourth-order valence-corrected chi connectivity index (χ4v) is 6.45. The van der Waals surface area contributed by atoms with E-state index in [-0.39, 0.29) is 11.5 Å². The molecule has 0 N–H and O–H groups in total. The van der Waals surface area contributed by atoms with E-state index in [0.717, 1.165) is 11.3 Å². The summed E-state index contributed by atoms with van der Waals surface area (Å²) in [6.45, 7) is 2.89. The van der Waals surface area contributed by atoms with Crippen LogP contribution in [0.5, 0.6) is 5.75 Å². The summed E-state index contributed by atoms with van der Waals surface area (Å²) in [7, 11) is 1.63. The summed E-state index contributed by atoms with van der Waals surface area (Å²) in [5.74, 6) is 0.593. The number of hydrogen-bond donors (Lipinski definition) is 0. The fraction of sp³-hybridized carbons (Fsp3) is 0.357. The number of hydrogen-bond acceptors (Lipinski definition) is 9. The van der Waals surface area contributed by atoms with E-state index in [9.17, 15) is 9.59 Å². The predicted molar refractivity (Wildman–Crippen MR) is 154 cm³/mol. The maximum atomic E-state index is 13.7. The number of thioether (sulfide) groups is 1. The van der Waals surface area contributed by atoms with Crippen LogP contribution in [0, 0.1) is 0 Å². The van der Waals surface area contributed by atoms with E-state index in [4.69, 9.17) is 31.4 Å². The summed E-state index contributed by atoms with van der Waals surface area (Å²) in [6.07, 6.45) is 5.35. The van der Waals surface area contributed by atoms with Crippen molar-refractivity contribution in [3.05, 3.63) is 75.0 Å². The van der Waals surface area contributed by atoms with E-state index in [0.29, 0.717) is 78.4 Å². The van der Waals surface area contributed by atoms with Crippen molar-refractivity contribution in [3.8, 4) is 5.75 Å². The Morgan fingerprint density at radius 2 is 1.85 bits per heavy atom. The number of carbonyl (C=O) groups is 1. The first-order chi connectivity index (χ1) is 19.0. The number of pyridine rings is 1. The van der Waals surface area contributed by atoms with Crippen molar-refractivity contribution >= 4 is 51.7 Å². The van der Waals surface area contributed by atoms with Crippen molar-refractivity contribution < 1.29 is 19.0 Å². The van der Waals surface area contributed by atoms with Gasteiger partial charge < -0.3 is 19.1 Å². The summed E-state index contributed by atoms with van der Waals surface area (Å²) in [6, 6.07) is 13.2. The van der Waals surface area contributed by atoms with Gasteiger partial charge in [0.1, 0.15) is 21.5 Å². The van der Waals surface area contributed by atoms with Crippen LogP contribution in [-0.4, -0.2) is 70.3 Å². The first-order valence-electron chi connectivity index (χ1n) is 12.9. The van der Waals surface area contributed by atoms with Crippen molar-refractivity contribution in [2.45, 2.75) is 25.0 Å². The van der Waals surface area contributed by atoms with Crippen LogP contribution in [-0.2, 0) is 20.7 Å². The average molecular weight is 565 g/mol. The molecule has 3 saturated heterocycles. The first-order valence-corrected chi connectivity index (χ1v) is 14.1. The Morgan fingerprint density at radius 3 is 2.56 bits per heavy atom. The number of carbonyl (C=O) groups excluding carboxylic acids is 1. The molecule has 11 heteroatoms. The lowest BCUT2D eigenvalue weighted by Gasteiger charge is -2.38. The highest BCUT2D eigenvalue weighted by atomic mass is 32.2. The Hall–Kier alpha value is -3.25. The van der Waals surface area contributed by atoms with E-state index in [1.54, 1.807) is 30.3 Å². The van der Waals surface area contributed by atoms with Gasteiger partial charge in [0.25, 0.3) is 11.5 Å². The largest absolute Gasteiger partial charge is 0.497 e. The second-order valence-corrected chi connectivity index (χ2v) is 11.3. The van der Waals surface area contributed by atoms with Crippen molar-refractivity contribution in [1.82, 2.24) is 14.3 Å². The zero-order chi connectivity index (χ0) is 27.0. The Kier molecular flexibility index (Phi) is 7.15. The van der Waals surface area contributed by atoms with Gasteiger partial charge in [0.15, 0.2) is 5.79 Å². The van der Waals surface area contributed by atoms with Gasteiger partial charge in [-0.3, -0.25) is 18.9 Å². The topological polar surface area (TPSA) is 85.6 Å². The molecule has 3 aliphatic heterocycles. The molecule has 9 nitrogen and oxygen atoms in total. The van der Waals surface area contributed by atoms with Crippen molar-refractivity contribution in [2.24, 2.45) is 0 Å². The van der Waals surface area contributed by atoms with Crippen LogP contribution in [0.2, 0.25) is 0 Å². The molecule has 6 rings (SSSR count). The molecule has 0 aliphatic carbocycles. The number of fused-ring (bicyclic) bond motifs is 1.